The van der Waals surface area contributed by atoms with E-state index in [1.54, 1.807) is 9.58 Å². The number of hydrogen-bond donors (Lipinski definition) is 1. The summed E-state index contributed by atoms with van der Waals surface area (Å²) in [6.07, 6.45) is 4.73. The molecular weight excluding hydrogens is 308 g/mol. The topological polar surface area (TPSA) is 85.2 Å². The zero-order chi connectivity index (χ0) is 16.8. The maximum Gasteiger partial charge on any atom is 0.321 e. The number of hydrogen-bond acceptors (Lipinski definition) is 5. The van der Waals surface area contributed by atoms with Gasteiger partial charge >= 0.3 is 6.03 Å². The van der Waals surface area contributed by atoms with E-state index in [1.807, 2.05) is 31.3 Å². The van der Waals surface area contributed by atoms with Crippen molar-refractivity contribution in [3.05, 3.63) is 30.6 Å². The Balaban J connectivity index is 1.48. The minimum atomic E-state index is -0.0998. The monoisotopic (exact) mass is 330 g/mol. The average Bonchev–Trinajstić information content (AvgIpc) is 3.16. The second-order valence-electron chi connectivity index (χ2n) is 6.00. The van der Waals surface area contributed by atoms with Crippen molar-refractivity contribution < 1.29 is 9.53 Å². The lowest BCUT2D eigenvalue weighted by Gasteiger charge is -2.25. The number of urea groups is 1. The molecule has 8 nitrogen and oxygen atoms in total. The van der Waals surface area contributed by atoms with Gasteiger partial charge in [0.05, 0.1) is 5.69 Å². The highest BCUT2D eigenvalue weighted by Crippen LogP contribution is 2.19. The van der Waals surface area contributed by atoms with Crippen LogP contribution in [0.25, 0.3) is 5.69 Å². The Morgan fingerprint density at radius 3 is 2.75 bits per heavy atom. The molecule has 128 valence electrons. The van der Waals surface area contributed by atoms with E-state index in [4.69, 9.17) is 4.74 Å². The Hall–Kier alpha value is -2.48. The molecule has 1 fully saturated rings. The van der Waals surface area contributed by atoms with Crippen molar-refractivity contribution in [3.63, 3.8) is 0 Å². The Kier molecular flexibility index (Phi) is 5.37. The van der Waals surface area contributed by atoms with E-state index < -0.39 is 0 Å². The van der Waals surface area contributed by atoms with Gasteiger partial charge in [-0.2, -0.15) is 0 Å². The summed E-state index contributed by atoms with van der Waals surface area (Å²) in [6, 6.07) is 7.28. The van der Waals surface area contributed by atoms with Gasteiger partial charge in [0, 0.05) is 32.5 Å². The predicted octanol–water partition coefficient (Wildman–Crippen LogP) is 1.94. The van der Waals surface area contributed by atoms with Gasteiger partial charge in [-0.25, -0.2) is 9.48 Å². The second kappa shape index (κ2) is 7.87. The van der Waals surface area contributed by atoms with E-state index in [-0.39, 0.29) is 6.03 Å². The van der Waals surface area contributed by atoms with Gasteiger partial charge < -0.3 is 15.0 Å². The molecule has 1 saturated heterocycles. The third-order valence-corrected chi connectivity index (χ3v) is 4.29. The number of nitrogens with one attached hydrogen (secondary N) is 1. The molecule has 2 aromatic rings. The number of benzene rings is 1. The predicted molar refractivity (Wildman–Crippen MR) is 89.0 cm³/mol. The summed E-state index contributed by atoms with van der Waals surface area (Å²) in [5.41, 5.74) is 1.58. The highest BCUT2D eigenvalue weighted by molar-refractivity contribution is 5.89. The minimum Gasteiger partial charge on any atom is -0.381 e. The number of carbonyl (C=O) groups excluding carboxylic acids is 1. The normalized spacial score (nSPS) is 15.2. The first-order chi connectivity index (χ1) is 11.7. The Morgan fingerprint density at radius 1 is 1.33 bits per heavy atom. The summed E-state index contributed by atoms with van der Waals surface area (Å²) in [5, 5.41) is 13.9. The van der Waals surface area contributed by atoms with Crippen LogP contribution >= 0.6 is 0 Å². The minimum absolute atomic E-state index is 0.0998. The maximum atomic E-state index is 12.3. The molecule has 0 radical (unpaired) electrons. The third kappa shape index (κ3) is 4.29. The van der Waals surface area contributed by atoms with Crippen molar-refractivity contribution in [2.24, 2.45) is 5.92 Å². The van der Waals surface area contributed by atoms with Crippen LogP contribution in [0, 0.1) is 5.92 Å². The largest absolute Gasteiger partial charge is 0.381 e. The van der Waals surface area contributed by atoms with Crippen LogP contribution in [0.5, 0.6) is 0 Å². The number of nitrogens with zero attached hydrogens (tertiary/aromatic N) is 5. The number of ether oxygens (including phenoxy) is 1. The summed E-state index contributed by atoms with van der Waals surface area (Å²) in [6.45, 7) is 2.43. The van der Waals surface area contributed by atoms with E-state index >= 15 is 0 Å². The van der Waals surface area contributed by atoms with Crippen LogP contribution in [0.15, 0.2) is 30.6 Å². The van der Waals surface area contributed by atoms with Gasteiger partial charge in [0.15, 0.2) is 0 Å². The van der Waals surface area contributed by atoms with Gasteiger partial charge in [-0.15, -0.1) is 5.10 Å². The summed E-state index contributed by atoms with van der Waals surface area (Å²) >= 11 is 0. The molecule has 0 saturated carbocycles. The number of anilines is 1. The quantitative estimate of drug-likeness (QED) is 0.905. The van der Waals surface area contributed by atoms with Crippen LogP contribution in [0.2, 0.25) is 0 Å². The summed E-state index contributed by atoms with van der Waals surface area (Å²) in [4.78, 5) is 14.0. The highest BCUT2D eigenvalue weighted by atomic mass is 16.5. The molecule has 1 aromatic heterocycles. The van der Waals surface area contributed by atoms with Gasteiger partial charge in [-0.3, -0.25) is 0 Å². The molecule has 1 N–H and O–H groups in total. The molecule has 0 atom stereocenters. The lowest BCUT2D eigenvalue weighted by atomic mass is 9.96. The van der Waals surface area contributed by atoms with Crippen LogP contribution in [-0.2, 0) is 4.74 Å². The van der Waals surface area contributed by atoms with Gasteiger partial charge in [0.25, 0.3) is 0 Å². The van der Waals surface area contributed by atoms with E-state index in [0.29, 0.717) is 5.92 Å². The van der Waals surface area contributed by atoms with Gasteiger partial charge in [0.1, 0.15) is 6.33 Å². The van der Waals surface area contributed by atoms with Crippen molar-refractivity contribution >= 4 is 11.7 Å². The number of carbonyl (C=O) groups is 1. The van der Waals surface area contributed by atoms with Crippen LogP contribution in [-0.4, -0.2) is 57.9 Å². The first-order valence-corrected chi connectivity index (χ1v) is 8.15. The number of tetrazole rings is 1. The summed E-state index contributed by atoms with van der Waals surface area (Å²) in [7, 11) is 1.82. The van der Waals surface area contributed by atoms with E-state index in [1.165, 1.54) is 6.33 Å². The van der Waals surface area contributed by atoms with Crippen LogP contribution in [0.4, 0.5) is 10.5 Å². The fourth-order valence-electron chi connectivity index (χ4n) is 2.71. The van der Waals surface area contributed by atoms with Crippen molar-refractivity contribution in [3.8, 4) is 5.69 Å². The first kappa shape index (κ1) is 16.4. The molecule has 1 aliphatic rings. The number of rotatable bonds is 5. The van der Waals surface area contributed by atoms with Gasteiger partial charge in [0.2, 0.25) is 0 Å². The third-order valence-electron chi connectivity index (χ3n) is 4.29. The van der Waals surface area contributed by atoms with Gasteiger partial charge in [-0.05, 0) is 59.9 Å². The number of amides is 2. The fraction of sp³-hybridized carbons (Fsp3) is 0.500. The van der Waals surface area contributed by atoms with Gasteiger partial charge in [-0.1, -0.05) is 0 Å². The summed E-state index contributed by atoms with van der Waals surface area (Å²) in [5.74, 6) is 0.657. The molecule has 24 heavy (non-hydrogen) atoms. The van der Waals surface area contributed by atoms with E-state index in [9.17, 15) is 4.79 Å². The van der Waals surface area contributed by atoms with Crippen molar-refractivity contribution in [1.29, 1.82) is 0 Å². The first-order valence-electron chi connectivity index (χ1n) is 8.15. The molecule has 1 aromatic carbocycles. The van der Waals surface area contributed by atoms with E-state index in [2.05, 4.69) is 20.8 Å². The smallest absolute Gasteiger partial charge is 0.321 e. The molecule has 0 bridgehead atoms. The van der Waals surface area contributed by atoms with E-state index in [0.717, 1.165) is 50.4 Å². The lowest BCUT2D eigenvalue weighted by molar-refractivity contribution is 0.0621. The second-order valence-corrected chi connectivity index (χ2v) is 6.00. The van der Waals surface area contributed by atoms with Crippen LogP contribution in [0.1, 0.15) is 19.3 Å². The maximum absolute atomic E-state index is 12.3. The molecule has 1 aliphatic heterocycles. The van der Waals surface area contributed by atoms with Crippen LogP contribution < -0.4 is 5.32 Å². The lowest BCUT2D eigenvalue weighted by Crippen LogP contribution is -2.33. The van der Waals surface area contributed by atoms with Crippen molar-refractivity contribution in [2.45, 2.75) is 19.3 Å². The summed E-state index contributed by atoms with van der Waals surface area (Å²) < 4.78 is 6.92. The molecular formula is C16H22N6O2. The molecule has 0 unspecified atom stereocenters. The van der Waals surface area contributed by atoms with Crippen molar-refractivity contribution in [2.75, 3.05) is 32.1 Å². The Bertz CT molecular complexity index is 637. The Labute approximate surface area is 140 Å². The fourth-order valence-corrected chi connectivity index (χ4v) is 2.71. The molecule has 0 aliphatic carbocycles. The highest BCUT2D eigenvalue weighted by Gasteiger charge is 2.16. The molecule has 8 heteroatoms. The van der Waals surface area contributed by atoms with Crippen molar-refractivity contribution in [1.82, 2.24) is 25.1 Å². The molecule has 0 spiro atoms. The number of aromatic nitrogens is 4. The zero-order valence-corrected chi connectivity index (χ0v) is 13.8. The SMILES string of the molecule is CN(CCC1CCOCC1)C(=O)Nc1ccc(-n2cnnn2)cc1. The van der Waals surface area contributed by atoms with Crippen LogP contribution in [0.3, 0.4) is 0 Å². The molecule has 2 heterocycles. The molecule has 3 rings (SSSR count). The Morgan fingerprint density at radius 2 is 2.08 bits per heavy atom. The molecule has 2 amide bonds. The standard InChI is InChI=1S/C16H22N6O2/c1-21(9-6-13-7-10-24-11-8-13)16(23)18-14-2-4-15(5-3-14)22-12-17-19-20-22/h2-5,12-13H,6-11H2,1H3,(H,18,23). The zero-order valence-electron chi connectivity index (χ0n) is 13.8. The average molecular weight is 330 g/mol.